The number of phenolic OH excluding ortho intramolecular Hbond substituents is 1. The molecule has 1 rings (SSSR count). The van der Waals surface area contributed by atoms with Crippen LogP contribution in [0.4, 0.5) is 0 Å². The van der Waals surface area contributed by atoms with Gasteiger partial charge in [0.15, 0.2) is 0 Å². The van der Waals surface area contributed by atoms with E-state index >= 15 is 0 Å². The van der Waals surface area contributed by atoms with Crippen molar-refractivity contribution in [1.82, 2.24) is 9.80 Å². The summed E-state index contributed by atoms with van der Waals surface area (Å²) in [6.45, 7) is 13.7. The van der Waals surface area contributed by atoms with Gasteiger partial charge in [-0.25, -0.2) is 4.90 Å². The summed E-state index contributed by atoms with van der Waals surface area (Å²) in [4.78, 5) is 4.82. The highest BCUT2D eigenvalue weighted by Crippen LogP contribution is 2.20. The van der Waals surface area contributed by atoms with Gasteiger partial charge in [0.25, 0.3) is 6.41 Å². The number of aromatic hydroxyl groups is 1. The zero-order chi connectivity index (χ0) is 24.2. The van der Waals surface area contributed by atoms with E-state index < -0.39 is 6.41 Å². The third-order valence-corrected chi connectivity index (χ3v) is 6.03. The molecule has 1 aromatic rings. The first kappa shape index (κ1) is 29.7. The van der Waals surface area contributed by atoms with Crippen LogP contribution in [0.2, 0.25) is 0 Å². The molecule has 1 unspecified atom stereocenters. The van der Waals surface area contributed by atoms with E-state index in [4.69, 9.17) is 9.47 Å². The van der Waals surface area contributed by atoms with Crippen molar-refractivity contribution >= 4 is 0 Å². The van der Waals surface area contributed by atoms with Crippen LogP contribution in [0.1, 0.15) is 105 Å². The molecule has 5 heteroatoms. The molecule has 1 aromatic carbocycles. The molecule has 0 aliphatic rings. The van der Waals surface area contributed by atoms with Crippen molar-refractivity contribution in [2.75, 3.05) is 32.9 Å². The Balaban J connectivity index is 2.88. The maximum atomic E-state index is 9.66. The summed E-state index contributed by atoms with van der Waals surface area (Å²) in [6.07, 6.45) is 14.2. The van der Waals surface area contributed by atoms with Crippen LogP contribution in [0.5, 0.6) is 11.5 Å². The molecule has 1 N–H and O–H groups in total. The number of unbranched alkanes of at least 4 members (excludes halogenated alkanes) is 8. The lowest BCUT2D eigenvalue weighted by atomic mass is 10.2. The Bertz CT molecular complexity index is 533. The van der Waals surface area contributed by atoms with Crippen molar-refractivity contribution in [3.63, 3.8) is 0 Å². The first-order valence-electron chi connectivity index (χ1n) is 13.7. The predicted molar refractivity (Wildman–Crippen MR) is 140 cm³/mol. The number of nitrogens with zero attached hydrogens (tertiary/aromatic N) is 2. The zero-order valence-corrected chi connectivity index (χ0v) is 22.1. The molecule has 1 atom stereocenters. The summed E-state index contributed by atoms with van der Waals surface area (Å²) in [5, 5.41) is 9.66. The van der Waals surface area contributed by atoms with Crippen LogP contribution >= 0.6 is 0 Å². The first-order chi connectivity index (χ1) is 16.1. The average Bonchev–Trinajstić information content (AvgIpc) is 2.82. The number of ether oxygens (including phenoxy) is 2. The van der Waals surface area contributed by atoms with E-state index in [1.54, 1.807) is 12.1 Å². The standard InChI is InChI=1S/C28H52N2O3/c1-5-9-13-21-29(22-14-10-6-2)25-32-28(33-27-19-17-26(31)18-20-27)30(23-15-11-7-3)24-16-12-8-4/h17-20,28,31H,5-16,21-25H2,1-4H3. The fourth-order valence-corrected chi connectivity index (χ4v) is 3.89. The smallest absolute Gasteiger partial charge is 0.263 e. The van der Waals surface area contributed by atoms with Gasteiger partial charge in [-0.3, -0.25) is 4.90 Å². The fourth-order valence-electron chi connectivity index (χ4n) is 3.89. The van der Waals surface area contributed by atoms with Gasteiger partial charge in [-0.1, -0.05) is 79.1 Å². The number of rotatable bonds is 22. The summed E-state index contributed by atoms with van der Waals surface area (Å²) >= 11 is 0. The molecule has 0 amide bonds. The van der Waals surface area contributed by atoms with Gasteiger partial charge in [0.05, 0.1) is 0 Å². The minimum absolute atomic E-state index is 0.251. The minimum Gasteiger partial charge on any atom is -0.508 e. The van der Waals surface area contributed by atoms with Crippen LogP contribution in [-0.2, 0) is 4.74 Å². The predicted octanol–water partition coefficient (Wildman–Crippen LogP) is 7.39. The Hall–Kier alpha value is -1.30. The highest BCUT2D eigenvalue weighted by atomic mass is 16.7. The van der Waals surface area contributed by atoms with Gasteiger partial charge < -0.3 is 14.6 Å². The fraction of sp³-hybridized carbons (Fsp3) is 0.786. The molecule has 0 aromatic heterocycles. The SMILES string of the molecule is CCCCCN(CCCCC)COC(Oc1ccc(O)cc1)N(CCCCC)CCCCC. The zero-order valence-electron chi connectivity index (χ0n) is 22.1. The monoisotopic (exact) mass is 464 g/mol. The molecule has 0 radical (unpaired) electrons. The lowest BCUT2D eigenvalue weighted by Gasteiger charge is -2.33. The van der Waals surface area contributed by atoms with Gasteiger partial charge in [0, 0.05) is 26.2 Å². The Labute approximate surface area is 204 Å². The van der Waals surface area contributed by atoms with E-state index in [9.17, 15) is 5.11 Å². The van der Waals surface area contributed by atoms with E-state index in [1.165, 1.54) is 64.2 Å². The van der Waals surface area contributed by atoms with Crippen LogP contribution in [0, 0.1) is 0 Å². The summed E-state index contributed by atoms with van der Waals surface area (Å²) < 4.78 is 12.9. The lowest BCUT2D eigenvalue weighted by Crippen LogP contribution is -2.45. The highest BCUT2D eigenvalue weighted by molar-refractivity contribution is 5.30. The van der Waals surface area contributed by atoms with Crippen LogP contribution in [-0.4, -0.2) is 54.2 Å². The molecule has 0 saturated heterocycles. The Morgan fingerprint density at radius 3 is 1.58 bits per heavy atom. The normalized spacial score (nSPS) is 12.5. The molecule has 5 nitrogen and oxygen atoms in total. The van der Waals surface area contributed by atoms with E-state index in [0.29, 0.717) is 6.73 Å². The van der Waals surface area contributed by atoms with E-state index in [0.717, 1.165) is 44.8 Å². The molecule has 0 heterocycles. The van der Waals surface area contributed by atoms with Gasteiger partial charge in [-0.2, -0.15) is 0 Å². The summed E-state index contributed by atoms with van der Waals surface area (Å²) in [7, 11) is 0. The molecule has 0 saturated carbocycles. The van der Waals surface area contributed by atoms with Gasteiger partial charge in [-0.15, -0.1) is 0 Å². The van der Waals surface area contributed by atoms with Gasteiger partial charge >= 0.3 is 0 Å². The highest BCUT2D eigenvalue weighted by Gasteiger charge is 2.22. The number of hydrogen-bond acceptors (Lipinski definition) is 5. The second-order valence-corrected chi connectivity index (χ2v) is 9.20. The molecule has 0 fully saturated rings. The van der Waals surface area contributed by atoms with Crippen molar-refractivity contribution in [3.8, 4) is 11.5 Å². The third-order valence-electron chi connectivity index (χ3n) is 6.03. The van der Waals surface area contributed by atoms with Crippen molar-refractivity contribution in [3.05, 3.63) is 24.3 Å². The Kier molecular flexibility index (Phi) is 18.1. The molecule has 0 bridgehead atoms. The van der Waals surface area contributed by atoms with Crippen molar-refractivity contribution in [2.24, 2.45) is 0 Å². The van der Waals surface area contributed by atoms with E-state index in [-0.39, 0.29) is 5.75 Å². The molecule has 33 heavy (non-hydrogen) atoms. The number of phenols is 1. The van der Waals surface area contributed by atoms with Crippen LogP contribution in [0.25, 0.3) is 0 Å². The number of hydrogen-bond donors (Lipinski definition) is 1. The maximum Gasteiger partial charge on any atom is 0.263 e. The molecular formula is C28H52N2O3. The van der Waals surface area contributed by atoms with Gasteiger partial charge in [-0.05, 0) is 49.9 Å². The minimum atomic E-state index is -0.414. The summed E-state index contributed by atoms with van der Waals surface area (Å²) in [5.41, 5.74) is 0. The second kappa shape index (κ2) is 20.1. The quantitative estimate of drug-likeness (QED) is 0.143. The Morgan fingerprint density at radius 1 is 0.667 bits per heavy atom. The van der Waals surface area contributed by atoms with E-state index in [2.05, 4.69) is 37.5 Å². The molecule has 0 spiro atoms. The molecule has 0 aliphatic carbocycles. The largest absolute Gasteiger partial charge is 0.508 e. The van der Waals surface area contributed by atoms with Crippen molar-refractivity contribution in [2.45, 2.75) is 111 Å². The molecule has 192 valence electrons. The topological polar surface area (TPSA) is 45.2 Å². The summed E-state index contributed by atoms with van der Waals surface area (Å²) in [5.74, 6) is 0.984. The van der Waals surface area contributed by atoms with E-state index in [1.807, 2.05) is 12.1 Å². The third kappa shape index (κ3) is 14.5. The maximum absolute atomic E-state index is 9.66. The van der Waals surface area contributed by atoms with Crippen molar-refractivity contribution < 1.29 is 14.6 Å². The molecule has 0 aliphatic heterocycles. The van der Waals surface area contributed by atoms with Crippen LogP contribution in [0.15, 0.2) is 24.3 Å². The number of benzene rings is 1. The van der Waals surface area contributed by atoms with Crippen LogP contribution < -0.4 is 4.74 Å². The first-order valence-corrected chi connectivity index (χ1v) is 13.7. The Morgan fingerprint density at radius 2 is 1.12 bits per heavy atom. The lowest BCUT2D eigenvalue weighted by molar-refractivity contribution is -0.198. The van der Waals surface area contributed by atoms with Gasteiger partial charge in [0.1, 0.15) is 18.2 Å². The van der Waals surface area contributed by atoms with Gasteiger partial charge in [0.2, 0.25) is 0 Å². The van der Waals surface area contributed by atoms with Crippen LogP contribution in [0.3, 0.4) is 0 Å². The second-order valence-electron chi connectivity index (χ2n) is 9.20. The van der Waals surface area contributed by atoms with Crippen molar-refractivity contribution in [1.29, 1.82) is 0 Å². The average molecular weight is 465 g/mol. The molecular weight excluding hydrogens is 412 g/mol. The summed E-state index contributed by atoms with van der Waals surface area (Å²) in [6, 6.07) is 6.99.